The minimum atomic E-state index is 0.369. The molecule has 0 saturated heterocycles. The smallest absolute Gasteiger partial charge is 0.170 e. The fourth-order valence-electron chi connectivity index (χ4n) is 3.18. The maximum atomic E-state index is 6.15. The van der Waals surface area contributed by atoms with Gasteiger partial charge >= 0.3 is 0 Å². The van der Waals surface area contributed by atoms with Gasteiger partial charge in [0.05, 0.1) is 5.69 Å². The highest BCUT2D eigenvalue weighted by Gasteiger charge is 2.16. The molecule has 3 aromatic carbocycles. The molecule has 0 radical (unpaired) electrons. The molecule has 0 aliphatic heterocycles. The van der Waals surface area contributed by atoms with E-state index in [9.17, 15) is 0 Å². The molecule has 7 heteroatoms. The number of nitrogen functional groups attached to an aromatic ring is 1. The highest BCUT2D eigenvalue weighted by atomic mass is 16.5. The summed E-state index contributed by atoms with van der Waals surface area (Å²) >= 11 is 0. The number of hydrogen-bond acceptors (Lipinski definition) is 6. The monoisotopic (exact) mass is 394 g/mol. The van der Waals surface area contributed by atoms with Gasteiger partial charge in [0.2, 0.25) is 0 Å². The Morgan fingerprint density at radius 1 is 0.767 bits per heavy atom. The number of ether oxygens (including phenoxy) is 1. The van der Waals surface area contributed by atoms with Gasteiger partial charge in [-0.2, -0.15) is 0 Å². The van der Waals surface area contributed by atoms with Crippen LogP contribution in [-0.4, -0.2) is 19.7 Å². The summed E-state index contributed by atoms with van der Waals surface area (Å²) in [4.78, 5) is 8.52. The van der Waals surface area contributed by atoms with E-state index in [1.54, 1.807) is 4.68 Å². The highest BCUT2D eigenvalue weighted by Crippen LogP contribution is 2.31. The molecule has 0 spiro atoms. The molecule has 5 aromatic rings. The zero-order valence-corrected chi connectivity index (χ0v) is 15.9. The number of aromatic nitrogens is 4. The van der Waals surface area contributed by atoms with Crippen molar-refractivity contribution in [3.05, 3.63) is 91.3 Å². The Balaban J connectivity index is 1.47. The van der Waals surface area contributed by atoms with E-state index in [1.165, 1.54) is 6.33 Å². The van der Waals surface area contributed by atoms with Crippen molar-refractivity contribution in [2.24, 2.45) is 0 Å². The van der Waals surface area contributed by atoms with Crippen molar-refractivity contribution in [1.82, 2.24) is 19.7 Å². The maximum absolute atomic E-state index is 6.15. The van der Waals surface area contributed by atoms with Gasteiger partial charge in [-0.15, -0.1) is 5.10 Å². The van der Waals surface area contributed by atoms with Gasteiger partial charge < -0.3 is 15.8 Å². The Labute approximate surface area is 172 Å². The summed E-state index contributed by atoms with van der Waals surface area (Å²) in [6.45, 7) is 0. The highest BCUT2D eigenvalue weighted by molar-refractivity contribution is 5.97. The SMILES string of the molecule is Nc1ncnc2c1c(Nc1ccc(Oc3ccccc3)cc1)nn2-c1ccccc1. The lowest BCUT2D eigenvalue weighted by molar-refractivity contribution is 0.483. The summed E-state index contributed by atoms with van der Waals surface area (Å²) in [6.07, 6.45) is 1.44. The average molecular weight is 394 g/mol. The van der Waals surface area contributed by atoms with Gasteiger partial charge in [0, 0.05) is 5.69 Å². The largest absolute Gasteiger partial charge is 0.457 e. The van der Waals surface area contributed by atoms with Crippen LogP contribution < -0.4 is 15.8 Å². The van der Waals surface area contributed by atoms with Crippen molar-refractivity contribution in [3.63, 3.8) is 0 Å². The number of anilines is 3. The summed E-state index contributed by atoms with van der Waals surface area (Å²) in [5.74, 6) is 2.49. The number of nitrogens with two attached hydrogens (primary N) is 1. The predicted octanol–water partition coefficient (Wildman–Crippen LogP) is 4.93. The molecule has 0 amide bonds. The Morgan fingerprint density at radius 2 is 1.43 bits per heavy atom. The predicted molar refractivity (Wildman–Crippen MR) is 117 cm³/mol. The molecule has 2 aromatic heterocycles. The van der Waals surface area contributed by atoms with Crippen molar-refractivity contribution in [2.45, 2.75) is 0 Å². The molecule has 0 fully saturated rings. The van der Waals surface area contributed by atoms with Crippen LogP contribution in [0.2, 0.25) is 0 Å². The van der Waals surface area contributed by atoms with Crippen LogP contribution in [0.25, 0.3) is 16.7 Å². The van der Waals surface area contributed by atoms with Crippen LogP contribution in [0.4, 0.5) is 17.3 Å². The van der Waals surface area contributed by atoms with Crippen LogP contribution in [0.1, 0.15) is 0 Å². The zero-order chi connectivity index (χ0) is 20.3. The number of nitrogens with one attached hydrogen (secondary N) is 1. The third-order valence-electron chi connectivity index (χ3n) is 4.59. The van der Waals surface area contributed by atoms with Gasteiger partial charge in [0.15, 0.2) is 11.5 Å². The van der Waals surface area contributed by atoms with Crippen LogP contribution in [0.5, 0.6) is 11.5 Å². The molecule has 0 atom stereocenters. The van der Waals surface area contributed by atoms with Gasteiger partial charge in [0.25, 0.3) is 0 Å². The maximum Gasteiger partial charge on any atom is 0.170 e. The number of rotatable bonds is 5. The number of hydrogen-bond donors (Lipinski definition) is 2. The van der Waals surface area contributed by atoms with Crippen molar-refractivity contribution in [2.75, 3.05) is 11.1 Å². The van der Waals surface area contributed by atoms with E-state index < -0.39 is 0 Å². The number of nitrogens with zero attached hydrogens (tertiary/aromatic N) is 4. The molecule has 2 heterocycles. The lowest BCUT2D eigenvalue weighted by Gasteiger charge is -2.08. The normalized spacial score (nSPS) is 10.8. The molecule has 146 valence electrons. The van der Waals surface area contributed by atoms with Crippen LogP contribution in [0.15, 0.2) is 91.3 Å². The first kappa shape index (κ1) is 17.7. The summed E-state index contributed by atoms with van der Waals surface area (Å²) in [5.41, 5.74) is 8.52. The quantitative estimate of drug-likeness (QED) is 0.439. The number of para-hydroxylation sites is 2. The molecule has 7 nitrogen and oxygen atoms in total. The lowest BCUT2D eigenvalue weighted by Crippen LogP contribution is -1.98. The Kier molecular flexibility index (Phi) is 4.46. The van der Waals surface area contributed by atoms with E-state index in [0.29, 0.717) is 22.7 Å². The summed E-state index contributed by atoms with van der Waals surface area (Å²) in [7, 11) is 0. The van der Waals surface area contributed by atoms with Crippen LogP contribution in [0, 0.1) is 0 Å². The van der Waals surface area contributed by atoms with Crippen LogP contribution in [0.3, 0.4) is 0 Å². The molecule has 0 unspecified atom stereocenters. The van der Waals surface area contributed by atoms with E-state index in [-0.39, 0.29) is 0 Å². The molecule has 30 heavy (non-hydrogen) atoms. The van der Waals surface area contributed by atoms with E-state index in [0.717, 1.165) is 22.9 Å². The van der Waals surface area contributed by atoms with E-state index >= 15 is 0 Å². The third-order valence-corrected chi connectivity index (χ3v) is 4.59. The topological polar surface area (TPSA) is 90.9 Å². The van der Waals surface area contributed by atoms with Crippen LogP contribution in [-0.2, 0) is 0 Å². The first-order valence-electron chi connectivity index (χ1n) is 9.42. The summed E-state index contributed by atoms with van der Waals surface area (Å²) < 4.78 is 7.60. The fourth-order valence-corrected chi connectivity index (χ4v) is 3.18. The second-order valence-electron chi connectivity index (χ2n) is 6.62. The van der Waals surface area contributed by atoms with Crippen molar-refractivity contribution in [3.8, 4) is 17.2 Å². The third kappa shape index (κ3) is 3.40. The second kappa shape index (κ2) is 7.56. The first-order chi connectivity index (χ1) is 14.8. The van der Waals surface area contributed by atoms with Gasteiger partial charge in [-0.3, -0.25) is 0 Å². The number of fused-ring (bicyclic) bond motifs is 1. The van der Waals surface area contributed by atoms with Gasteiger partial charge in [-0.25, -0.2) is 14.6 Å². The van der Waals surface area contributed by atoms with E-state index in [4.69, 9.17) is 15.6 Å². The molecule has 0 saturated carbocycles. The zero-order valence-electron chi connectivity index (χ0n) is 15.9. The Hall–Kier alpha value is -4.39. The molecule has 5 rings (SSSR count). The standard InChI is InChI=1S/C23H18N6O/c24-21-20-22(28-29(23(20)26-15-25-21)17-7-3-1-4-8-17)27-16-11-13-19(14-12-16)30-18-9-5-2-6-10-18/h1-15H,(H,27,28)(H2,24,25,26). The minimum Gasteiger partial charge on any atom is -0.457 e. The first-order valence-corrected chi connectivity index (χ1v) is 9.42. The molecule has 0 aliphatic rings. The molecule has 0 bridgehead atoms. The second-order valence-corrected chi connectivity index (χ2v) is 6.62. The molecular weight excluding hydrogens is 376 g/mol. The van der Waals surface area contributed by atoms with Crippen LogP contribution >= 0.6 is 0 Å². The minimum absolute atomic E-state index is 0.369. The van der Waals surface area contributed by atoms with Gasteiger partial charge in [-0.1, -0.05) is 36.4 Å². The molecular formula is C23H18N6O. The fraction of sp³-hybridized carbons (Fsp3) is 0. The van der Waals surface area contributed by atoms with Gasteiger partial charge in [0.1, 0.15) is 29.0 Å². The molecule has 3 N–H and O–H groups in total. The van der Waals surface area contributed by atoms with Crippen molar-refractivity contribution < 1.29 is 4.74 Å². The Bertz CT molecular complexity index is 1280. The lowest BCUT2D eigenvalue weighted by atomic mass is 10.3. The summed E-state index contributed by atoms with van der Waals surface area (Å²) in [5, 5.41) is 8.69. The average Bonchev–Trinajstić information content (AvgIpc) is 3.16. The number of benzene rings is 3. The van der Waals surface area contributed by atoms with Crippen molar-refractivity contribution >= 4 is 28.4 Å². The van der Waals surface area contributed by atoms with Gasteiger partial charge in [-0.05, 0) is 48.5 Å². The van der Waals surface area contributed by atoms with E-state index in [2.05, 4.69) is 15.3 Å². The summed E-state index contributed by atoms with van der Waals surface area (Å²) in [6, 6.07) is 27.1. The molecule has 0 aliphatic carbocycles. The van der Waals surface area contributed by atoms with E-state index in [1.807, 2.05) is 84.9 Å². The Morgan fingerprint density at radius 3 is 2.17 bits per heavy atom. The van der Waals surface area contributed by atoms with Crippen molar-refractivity contribution in [1.29, 1.82) is 0 Å².